The van der Waals surface area contributed by atoms with Crippen molar-refractivity contribution in [1.82, 2.24) is 28.6 Å². The Labute approximate surface area is 241 Å². The number of hydrogen-bond acceptors (Lipinski definition) is 10. The van der Waals surface area contributed by atoms with Crippen LogP contribution in [0.5, 0.6) is 0 Å². The van der Waals surface area contributed by atoms with E-state index in [0.717, 1.165) is 37.1 Å². The zero-order valence-electron chi connectivity index (χ0n) is 22.3. The smallest absolute Gasteiger partial charge is 0.321 e. The van der Waals surface area contributed by atoms with Gasteiger partial charge in [-0.25, -0.2) is 27.2 Å². The van der Waals surface area contributed by atoms with E-state index in [1.54, 1.807) is 36.5 Å². The third kappa shape index (κ3) is 5.03. The van der Waals surface area contributed by atoms with Gasteiger partial charge in [-0.15, -0.1) is 0 Å². The Bertz CT molecular complexity index is 1640. The second kappa shape index (κ2) is 10.6. The Morgan fingerprint density at radius 1 is 1.10 bits per heavy atom. The molecule has 14 heteroatoms. The number of amides is 2. The van der Waals surface area contributed by atoms with Crippen LogP contribution in [0.4, 0.5) is 15.7 Å². The molecule has 0 aliphatic heterocycles. The van der Waals surface area contributed by atoms with E-state index in [-0.39, 0.29) is 23.0 Å². The second-order valence-electron chi connectivity index (χ2n) is 10.5. The number of nitrogens with zero attached hydrogens (tertiary/aromatic N) is 6. The third-order valence-electron chi connectivity index (χ3n) is 8.02. The lowest BCUT2D eigenvalue weighted by molar-refractivity contribution is 0.248. The number of thioether (sulfide) groups is 1. The van der Waals surface area contributed by atoms with Crippen LogP contribution < -0.4 is 15.5 Å². The molecule has 2 saturated carbocycles. The van der Waals surface area contributed by atoms with Crippen molar-refractivity contribution in [2.45, 2.75) is 54.7 Å². The van der Waals surface area contributed by atoms with Gasteiger partial charge in [0.25, 0.3) is 10.0 Å². The molecule has 210 valence electrons. The van der Waals surface area contributed by atoms with Crippen molar-refractivity contribution in [2.75, 3.05) is 23.5 Å². The molecule has 2 aliphatic carbocycles. The van der Waals surface area contributed by atoms with Crippen molar-refractivity contribution in [2.24, 2.45) is 11.8 Å². The predicted octanol–water partition coefficient (Wildman–Crippen LogP) is 4.37. The van der Waals surface area contributed by atoms with E-state index in [9.17, 15) is 13.2 Å². The summed E-state index contributed by atoms with van der Waals surface area (Å²) in [5.41, 5.74) is 1.36. The molecule has 4 aromatic rings. The summed E-state index contributed by atoms with van der Waals surface area (Å²) in [5.74, 6) is 1.74. The molecule has 0 spiro atoms. The quantitative estimate of drug-likeness (QED) is 0.297. The lowest BCUT2D eigenvalue weighted by Crippen LogP contribution is -2.37. The van der Waals surface area contributed by atoms with Crippen molar-refractivity contribution >= 4 is 61.3 Å². The zero-order chi connectivity index (χ0) is 28.0. The first-order valence-corrected chi connectivity index (χ1v) is 16.5. The first-order chi connectivity index (χ1) is 19.2. The van der Waals surface area contributed by atoms with Crippen molar-refractivity contribution in [1.29, 1.82) is 0 Å². The topological polar surface area (TPSA) is 135 Å². The first-order valence-electron chi connectivity index (χ1n) is 13.0. The number of benzene rings is 1. The molecular weight excluding hydrogens is 569 g/mol. The fourth-order valence-electron chi connectivity index (χ4n) is 6.07. The highest BCUT2D eigenvalue weighted by molar-refractivity contribution is 7.98. The number of anilines is 2. The van der Waals surface area contributed by atoms with Gasteiger partial charge in [-0.1, -0.05) is 29.5 Å². The maximum Gasteiger partial charge on any atom is 0.321 e. The Morgan fingerprint density at radius 2 is 1.82 bits per heavy atom. The molecule has 2 fully saturated rings. The summed E-state index contributed by atoms with van der Waals surface area (Å²) in [6.45, 7) is 1.92. The van der Waals surface area contributed by atoms with Crippen molar-refractivity contribution in [3.05, 3.63) is 48.4 Å². The van der Waals surface area contributed by atoms with Crippen molar-refractivity contribution < 1.29 is 13.2 Å². The first kappa shape index (κ1) is 27.0. The average Bonchev–Trinajstić information content (AvgIpc) is 3.71. The van der Waals surface area contributed by atoms with Crippen LogP contribution in [0.25, 0.3) is 11.0 Å². The van der Waals surface area contributed by atoms with Gasteiger partial charge in [0, 0.05) is 36.9 Å². The van der Waals surface area contributed by atoms with E-state index in [0.29, 0.717) is 33.2 Å². The molecule has 4 atom stereocenters. The van der Waals surface area contributed by atoms with E-state index < -0.39 is 10.0 Å². The van der Waals surface area contributed by atoms with Gasteiger partial charge in [0.15, 0.2) is 5.65 Å². The number of carbonyl (C=O) groups excluding carboxylic acids is 1. The average molecular weight is 599 g/mol. The van der Waals surface area contributed by atoms with Gasteiger partial charge in [-0.05, 0) is 68.9 Å². The molecule has 2 amide bonds. The Balaban J connectivity index is 1.12. The molecule has 40 heavy (non-hydrogen) atoms. The highest BCUT2D eigenvalue weighted by atomic mass is 32.2. The summed E-state index contributed by atoms with van der Waals surface area (Å²) >= 11 is 2.62. The molecule has 0 bridgehead atoms. The summed E-state index contributed by atoms with van der Waals surface area (Å²) in [6.07, 6.45) is 8.72. The SMILES string of the molecule is CSc1nsc(NC(=O)N[C@@H]2CC3C[C@H](N(C)c4ncnc5c4ccn5S(=O)(=O)c4ccc(C)cc4)C[C@H]3C2)n1. The van der Waals surface area contributed by atoms with Gasteiger partial charge >= 0.3 is 6.03 Å². The number of carbonyl (C=O) groups is 1. The van der Waals surface area contributed by atoms with Crippen LogP contribution in [0.3, 0.4) is 0 Å². The van der Waals surface area contributed by atoms with Gasteiger partial charge in [-0.3, -0.25) is 5.32 Å². The molecule has 3 aromatic heterocycles. The van der Waals surface area contributed by atoms with Gasteiger partial charge in [0.05, 0.1) is 10.3 Å². The largest absolute Gasteiger partial charge is 0.356 e. The van der Waals surface area contributed by atoms with E-state index in [4.69, 9.17) is 0 Å². The van der Waals surface area contributed by atoms with Gasteiger partial charge in [-0.2, -0.15) is 9.36 Å². The van der Waals surface area contributed by atoms with Gasteiger partial charge in [0.1, 0.15) is 12.1 Å². The fraction of sp³-hybridized carbons (Fsp3) is 0.423. The maximum atomic E-state index is 13.4. The standard InChI is InChI=1S/C26H30N8O3S3/c1-15-4-6-20(7-5-15)40(36,37)34-9-8-21-22(27-14-28-23(21)34)33(2)19-12-16-10-18(11-17(16)13-19)29-24(35)30-25-31-26(38-3)32-39-25/h4-9,14,16-19H,10-13H2,1-3H3,(H2,29,30,31,32,35)/t16-,17?,18+,19-/m1/s1. The molecule has 2 aliphatic rings. The van der Waals surface area contributed by atoms with Crippen LogP contribution in [-0.2, 0) is 10.0 Å². The Morgan fingerprint density at radius 3 is 2.50 bits per heavy atom. The molecular formula is C26H30N8O3S3. The number of nitrogens with one attached hydrogen (secondary N) is 2. The lowest BCUT2D eigenvalue weighted by atomic mass is 10.0. The molecule has 2 N–H and O–H groups in total. The lowest BCUT2D eigenvalue weighted by Gasteiger charge is -2.27. The number of rotatable bonds is 7. The van der Waals surface area contributed by atoms with E-state index >= 15 is 0 Å². The molecule has 0 radical (unpaired) electrons. The van der Waals surface area contributed by atoms with Gasteiger partial charge < -0.3 is 10.2 Å². The van der Waals surface area contributed by atoms with E-state index in [2.05, 4.69) is 34.9 Å². The van der Waals surface area contributed by atoms with Crippen molar-refractivity contribution in [3.63, 3.8) is 0 Å². The third-order valence-corrected chi connectivity index (χ3v) is 11.0. The Hall–Kier alpha value is -3.23. The van der Waals surface area contributed by atoms with Crippen LogP contribution >= 0.6 is 23.3 Å². The molecule has 0 saturated heterocycles. The fourth-order valence-corrected chi connectivity index (χ4v) is 8.49. The highest BCUT2D eigenvalue weighted by Crippen LogP contribution is 2.46. The molecule has 6 rings (SSSR count). The summed E-state index contributed by atoms with van der Waals surface area (Å²) in [5, 5.41) is 7.75. The van der Waals surface area contributed by atoms with Crippen LogP contribution in [0.2, 0.25) is 0 Å². The molecule has 11 nitrogen and oxygen atoms in total. The van der Waals surface area contributed by atoms with E-state index in [1.165, 1.54) is 33.6 Å². The number of hydrogen-bond donors (Lipinski definition) is 2. The molecule has 3 heterocycles. The highest BCUT2D eigenvalue weighted by Gasteiger charge is 2.43. The summed E-state index contributed by atoms with van der Waals surface area (Å²) in [7, 11) is -1.77. The number of urea groups is 1. The van der Waals surface area contributed by atoms with E-state index in [1.807, 2.05) is 20.2 Å². The monoisotopic (exact) mass is 598 g/mol. The number of aromatic nitrogens is 5. The second-order valence-corrected chi connectivity index (χ2v) is 13.8. The minimum atomic E-state index is -3.79. The molecule has 1 aromatic carbocycles. The summed E-state index contributed by atoms with van der Waals surface area (Å²) < 4.78 is 32.1. The summed E-state index contributed by atoms with van der Waals surface area (Å²) in [4.78, 5) is 28.0. The number of fused-ring (bicyclic) bond motifs is 2. The zero-order valence-corrected chi connectivity index (χ0v) is 24.8. The molecule has 1 unspecified atom stereocenters. The Kier molecular flexibility index (Phi) is 7.17. The summed E-state index contributed by atoms with van der Waals surface area (Å²) in [6, 6.07) is 8.74. The van der Waals surface area contributed by atoms with Crippen molar-refractivity contribution in [3.8, 4) is 0 Å². The van der Waals surface area contributed by atoms with Crippen LogP contribution in [0, 0.1) is 18.8 Å². The normalized spacial score (nSPS) is 22.4. The van der Waals surface area contributed by atoms with Crippen LogP contribution in [0.15, 0.2) is 52.9 Å². The minimum absolute atomic E-state index is 0.126. The maximum absolute atomic E-state index is 13.4. The minimum Gasteiger partial charge on any atom is -0.356 e. The predicted molar refractivity (Wildman–Crippen MR) is 157 cm³/mol. The van der Waals surface area contributed by atoms with Crippen LogP contribution in [0.1, 0.15) is 31.2 Å². The van der Waals surface area contributed by atoms with Gasteiger partial charge in [0.2, 0.25) is 10.3 Å². The number of aryl methyl sites for hydroxylation is 1. The van der Waals surface area contributed by atoms with Crippen LogP contribution in [-0.4, -0.2) is 63.1 Å².